The van der Waals surface area contributed by atoms with Crippen LogP contribution >= 0.6 is 0 Å². The van der Waals surface area contributed by atoms with Crippen molar-refractivity contribution < 1.29 is 23.8 Å². The molecule has 0 spiro atoms. The minimum absolute atomic E-state index is 0.0691. The smallest absolute Gasteiger partial charge is 0.239 e. The van der Waals surface area contributed by atoms with E-state index in [4.69, 9.17) is 14.2 Å². The summed E-state index contributed by atoms with van der Waals surface area (Å²) in [4.78, 5) is 41.9. The molecule has 1 unspecified atom stereocenters. The highest BCUT2D eigenvalue weighted by Gasteiger charge is 2.29. The summed E-state index contributed by atoms with van der Waals surface area (Å²) in [6.45, 7) is 1.85. The minimum atomic E-state index is -0.411. The number of amides is 2. The number of ether oxygens (including phenoxy) is 3. The molecule has 2 aromatic carbocycles. The van der Waals surface area contributed by atoms with Crippen LogP contribution in [0.2, 0.25) is 0 Å². The average Bonchev–Trinajstić information content (AvgIpc) is 3.19. The Balaban J connectivity index is 1.67. The Morgan fingerprint density at radius 1 is 1.00 bits per heavy atom. The van der Waals surface area contributed by atoms with Gasteiger partial charge in [0, 0.05) is 31.4 Å². The number of nitrogens with one attached hydrogen (secondary N) is 3. The molecule has 0 saturated heterocycles. The summed E-state index contributed by atoms with van der Waals surface area (Å²) in [7, 11) is 4.65. The number of methoxy groups -OCH3 is 3. The first-order valence-electron chi connectivity index (χ1n) is 13.0. The number of hydrogen-bond acceptors (Lipinski definition) is 8. The van der Waals surface area contributed by atoms with Crippen LogP contribution in [0, 0.1) is 0 Å². The lowest BCUT2D eigenvalue weighted by Gasteiger charge is -2.19. The first-order valence-corrected chi connectivity index (χ1v) is 13.0. The van der Waals surface area contributed by atoms with E-state index in [1.807, 2.05) is 24.3 Å². The van der Waals surface area contributed by atoms with E-state index in [9.17, 15) is 14.4 Å². The number of aromatic nitrogens is 1. The molecular weight excluding hydrogens is 512 g/mol. The minimum Gasteiger partial charge on any atom is -0.493 e. The van der Waals surface area contributed by atoms with Gasteiger partial charge in [0.2, 0.25) is 23.0 Å². The molecule has 1 aliphatic carbocycles. The molecule has 1 aliphatic rings. The largest absolute Gasteiger partial charge is 0.493 e. The fourth-order valence-electron chi connectivity index (χ4n) is 4.99. The molecule has 10 heteroatoms. The van der Waals surface area contributed by atoms with Crippen molar-refractivity contribution in [3.8, 4) is 28.4 Å². The SMILES string of the molecule is COc1cc2c(c(OC)c1OC)-c1ccc(NCC(=O)NCCc3ccncc3)c(=O)cc1C(NC(C)=O)CC2. The number of carbonyl (C=O) groups excluding carboxylic acids is 2. The molecule has 10 nitrogen and oxygen atoms in total. The first kappa shape index (κ1) is 28.4. The average molecular weight is 547 g/mol. The van der Waals surface area contributed by atoms with Crippen molar-refractivity contribution in [3.63, 3.8) is 0 Å². The van der Waals surface area contributed by atoms with Crippen LogP contribution in [0.15, 0.2) is 53.6 Å². The van der Waals surface area contributed by atoms with Crippen LogP contribution in [-0.4, -0.2) is 51.2 Å². The predicted octanol–water partition coefficient (Wildman–Crippen LogP) is 3.03. The van der Waals surface area contributed by atoms with Crippen LogP contribution in [-0.2, 0) is 22.4 Å². The van der Waals surface area contributed by atoms with E-state index in [0.717, 1.165) is 22.3 Å². The number of anilines is 1. The van der Waals surface area contributed by atoms with Crippen LogP contribution in [0.1, 0.15) is 36.1 Å². The molecule has 3 N–H and O–H groups in total. The van der Waals surface area contributed by atoms with Crippen molar-refractivity contribution in [2.45, 2.75) is 32.2 Å². The van der Waals surface area contributed by atoms with Crippen LogP contribution < -0.4 is 35.6 Å². The quantitative estimate of drug-likeness (QED) is 0.354. The number of hydrogen-bond donors (Lipinski definition) is 3. The summed E-state index contributed by atoms with van der Waals surface area (Å²) in [6.07, 6.45) is 5.26. The maximum Gasteiger partial charge on any atom is 0.239 e. The Hall–Kier alpha value is -4.60. The monoisotopic (exact) mass is 546 g/mol. The molecule has 1 aromatic heterocycles. The molecule has 1 atom stereocenters. The Kier molecular flexibility index (Phi) is 9.21. The summed E-state index contributed by atoms with van der Waals surface area (Å²) in [5.74, 6) is 0.998. The second kappa shape index (κ2) is 13.0. The lowest BCUT2D eigenvalue weighted by atomic mass is 9.95. The normalized spacial score (nSPS) is 13.7. The van der Waals surface area contributed by atoms with Gasteiger partial charge in [-0.3, -0.25) is 19.4 Å². The van der Waals surface area contributed by atoms with Crippen molar-refractivity contribution in [1.82, 2.24) is 15.6 Å². The summed E-state index contributed by atoms with van der Waals surface area (Å²) in [5.41, 5.74) is 4.10. The summed E-state index contributed by atoms with van der Waals surface area (Å²) in [5, 5.41) is 8.82. The van der Waals surface area contributed by atoms with Crippen molar-refractivity contribution in [3.05, 3.63) is 75.7 Å². The van der Waals surface area contributed by atoms with Gasteiger partial charge in [-0.15, -0.1) is 0 Å². The van der Waals surface area contributed by atoms with Crippen molar-refractivity contribution in [2.75, 3.05) is 39.7 Å². The standard InChI is InChI=1S/C30H34N4O6/c1-18(35)34-23-7-5-20-15-26(38-2)29(39-3)30(40-4)28(20)21-6-8-24(25(36)16-22(21)23)33-17-27(37)32-14-11-19-9-12-31-13-10-19/h6,8-10,12-13,15-16,23H,5,7,11,14,17H2,1-4H3,(H,32,37)(H,33,36)(H,34,35). The van der Waals surface area contributed by atoms with E-state index in [0.29, 0.717) is 48.6 Å². The van der Waals surface area contributed by atoms with E-state index >= 15 is 0 Å². The van der Waals surface area contributed by atoms with E-state index in [2.05, 4.69) is 20.9 Å². The molecule has 3 aromatic rings. The number of fused-ring (bicyclic) bond motifs is 3. The summed E-state index contributed by atoms with van der Waals surface area (Å²) < 4.78 is 17.0. The molecule has 0 radical (unpaired) electrons. The second-order valence-electron chi connectivity index (χ2n) is 9.40. The Morgan fingerprint density at radius 2 is 1.75 bits per heavy atom. The van der Waals surface area contributed by atoms with Gasteiger partial charge in [-0.2, -0.15) is 0 Å². The number of carbonyl (C=O) groups is 2. The topological polar surface area (TPSA) is 128 Å². The third-order valence-electron chi connectivity index (χ3n) is 6.84. The predicted molar refractivity (Wildman–Crippen MR) is 152 cm³/mol. The third-order valence-corrected chi connectivity index (χ3v) is 6.84. The summed E-state index contributed by atoms with van der Waals surface area (Å²) >= 11 is 0. The van der Waals surface area contributed by atoms with Gasteiger partial charge in [0.1, 0.15) is 0 Å². The van der Waals surface area contributed by atoms with Gasteiger partial charge >= 0.3 is 0 Å². The molecule has 210 valence electrons. The van der Waals surface area contributed by atoms with E-state index in [1.54, 1.807) is 32.7 Å². The molecule has 0 aliphatic heterocycles. The third kappa shape index (κ3) is 6.33. The zero-order valence-corrected chi connectivity index (χ0v) is 23.1. The number of pyridine rings is 1. The number of aryl methyl sites for hydroxylation is 1. The number of benzene rings is 1. The lowest BCUT2D eigenvalue weighted by molar-refractivity contribution is -0.120. The summed E-state index contributed by atoms with van der Waals surface area (Å²) in [6, 6.07) is 10.3. The van der Waals surface area contributed by atoms with Crippen LogP contribution in [0.5, 0.6) is 17.2 Å². The maximum atomic E-state index is 13.3. The highest BCUT2D eigenvalue weighted by molar-refractivity contribution is 5.84. The van der Waals surface area contributed by atoms with Gasteiger partial charge in [-0.05, 0) is 71.8 Å². The number of rotatable bonds is 10. The number of nitrogens with zero attached hydrogens (tertiary/aromatic N) is 1. The Morgan fingerprint density at radius 3 is 2.42 bits per heavy atom. The van der Waals surface area contributed by atoms with Crippen LogP contribution in [0.3, 0.4) is 0 Å². The van der Waals surface area contributed by atoms with Gasteiger partial charge in [0.25, 0.3) is 0 Å². The lowest BCUT2D eigenvalue weighted by Crippen LogP contribution is -2.32. The molecule has 0 fully saturated rings. The molecule has 4 rings (SSSR count). The molecule has 0 bridgehead atoms. The first-order chi connectivity index (χ1) is 19.4. The zero-order valence-electron chi connectivity index (χ0n) is 23.1. The Bertz CT molecular complexity index is 1440. The van der Waals surface area contributed by atoms with Gasteiger partial charge in [0.15, 0.2) is 11.5 Å². The van der Waals surface area contributed by atoms with E-state index < -0.39 is 6.04 Å². The van der Waals surface area contributed by atoms with Crippen molar-refractivity contribution in [1.29, 1.82) is 0 Å². The molecule has 2 amide bonds. The molecule has 0 saturated carbocycles. The van der Waals surface area contributed by atoms with E-state index in [-0.39, 0.29) is 29.5 Å². The maximum absolute atomic E-state index is 13.3. The highest BCUT2D eigenvalue weighted by Crippen LogP contribution is 2.50. The van der Waals surface area contributed by atoms with Gasteiger partial charge in [0.05, 0.1) is 39.6 Å². The van der Waals surface area contributed by atoms with Gasteiger partial charge < -0.3 is 30.2 Å². The van der Waals surface area contributed by atoms with Crippen LogP contribution in [0.4, 0.5) is 5.69 Å². The zero-order chi connectivity index (χ0) is 28.6. The van der Waals surface area contributed by atoms with Gasteiger partial charge in [-0.25, -0.2) is 0 Å². The van der Waals surface area contributed by atoms with Crippen LogP contribution in [0.25, 0.3) is 11.1 Å². The molecular formula is C30H34N4O6. The van der Waals surface area contributed by atoms with Crippen molar-refractivity contribution >= 4 is 17.5 Å². The van der Waals surface area contributed by atoms with Gasteiger partial charge in [-0.1, -0.05) is 6.07 Å². The second-order valence-corrected chi connectivity index (χ2v) is 9.40. The fraction of sp³-hybridized carbons (Fsp3) is 0.333. The fourth-order valence-corrected chi connectivity index (χ4v) is 4.99. The molecule has 40 heavy (non-hydrogen) atoms. The Labute approximate surface area is 233 Å². The highest BCUT2D eigenvalue weighted by atomic mass is 16.5. The molecule has 1 heterocycles. The van der Waals surface area contributed by atoms with E-state index in [1.165, 1.54) is 20.1 Å². The van der Waals surface area contributed by atoms with Crippen molar-refractivity contribution in [2.24, 2.45) is 0 Å².